The zero-order valence-corrected chi connectivity index (χ0v) is 9.88. The highest BCUT2D eigenvalue weighted by Gasteiger charge is 2.12. The lowest BCUT2D eigenvalue weighted by Crippen LogP contribution is -1.91. The molecule has 0 saturated heterocycles. The lowest BCUT2D eigenvalue weighted by molar-refractivity contribution is 0.584. The Bertz CT molecular complexity index is 710. The van der Waals surface area contributed by atoms with Gasteiger partial charge in [0.1, 0.15) is 5.82 Å². The third-order valence-corrected chi connectivity index (χ3v) is 2.69. The van der Waals surface area contributed by atoms with Crippen molar-refractivity contribution >= 4 is 5.69 Å². The van der Waals surface area contributed by atoms with Crippen LogP contribution < -0.4 is 5.73 Å². The third-order valence-electron chi connectivity index (χ3n) is 2.69. The van der Waals surface area contributed by atoms with Crippen molar-refractivity contribution in [3.8, 4) is 22.9 Å². The first-order valence-electron chi connectivity index (χ1n) is 5.68. The van der Waals surface area contributed by atoms with Gasteiger partial charge >= 0.3 is 0 Å². The van der Waals surface area contributed by atoms with Crippen LogP contribution in [-0.4, -0.2) is 10.2 Å². The summed E-state index contributed by atoms with van der Waals surface area (Å²) in [6.45, 7) is 0. The number of hydrogen-bond acceptors (Lipinski definition) is 4. The second-order valence-corrected chi connectivity index (χ2v) is 4.01. The van der Waals surface area contributed by atoms with E-state index in [-0.39, 0.29) is 11.6 Å². The van der Waals surface area contributed by atoms with E-state index in [9.17, 15) is 4.39 Å². The summed E-state index contributed by atoms with van der Waals surface area (Å²) in [5, 5.41) is 7.89. The Morgan fingerprint density at radius 1 is 0.947 bits per heavy atom. The fraction of sp³-hybridized carbons (Fsp3) is 0. The molecule has 1 heterocycles. The molecule has 0 aliphatic heterocycles. The normalized spacial score (nSPS) is 10.6. The zero-order valence-electron chi connectivity index (χ0n) is 9.88. The monoisotopic (exact) mass is 255 g/mol. The maximum absolute atomic E-state index is 13.0. The molecule has 0 saturated carbocycles. The molecule has 0 radical (unpaired) electrons. The third kappa shape index (κ3) is 2.18. The number of aromatic nitrogens is 2. The molecule has 4 nitrogen and oxygen atoms in total. The van der Waals surface area contributed by atoms with Gasteiger partial charge in [0.05, 0.1) is 5.56 Å². The van der Waals surface area contributed by atoms with Gasteiger partial charge in [-0.15, -0.1) is 10.2 Å². The molecule has 2 N–H and O–H groups in total. The maximum Gasteiger partial charge on any atom is 0.250 e. The number of anilines is 1. The second-order valence-electron chi connectivity index (χ2n) is 4.01. The number of benzene rings is 2. The molecular weight excluding hydrogens is 245 g/mol. The van der Waals surface area contributed by atoms with Gasteiger partial charge in [-0.05, 0) is 30.3 Å². The predicted molar refractivity (Wildman–Crippen MR) is 69.5 cm³/mol. The summed E-state index contributed by atoms with van der Waals surface area (Å²) >= 11 is 0. The van der Waals surface area contributed by atoms with E-state index in [1.807, 2.05) is 30.3 Å². The highest BCUT2D eigenvalue weighted by molar-refractivity contribution is 5.70. The Morgan fingerprint density at radius 3 is 2.42 bits per heavy atom. The van der Waals surface area contributed by atoms with E-state index in [1.165, 1.54) is 18.2 Å². The van der Waals surface area contributed by atoms with Gasteiger partial charge in [-0.1, -0.05) is 18.2 Å². The number of nitrogens with two attached hydrogens (primary N) is 1. The lowest BCUT2D eigenvalue weighted by Gasteiger charge is -2.00. The molecule has 0 bridgehead atoms. The minimum Gasteiger partial charge on any atom is -0.416 e. The van der Waals surface area contributed by atoms with Crippen LogP contribution in [0.1, 0.15) is 0 Å². The summed E-state index contributed by atoms with van der Waals surface area (Å²) < 4.78 is 18.5. The molecule has 0 spiro atoms. The molecule has 2 aromatic carbocycles. The van der Waals surface area contributed by atoms with Crippen molar-refractivity contribution in [3.05, 3.63) is 54.3 Å². The Morgan fingerprint density at radius 2 is 1.68 bits per heavy atom. The molecule has 0 atom stereocenters. The zero-order chi connectivity index (χ0) is 13.2. The summed E-state index contributed by atoms with van der Waals surface area (Å²) in [5.74, 6) is 0.278. The van der Waals surface area contributed by atoms with E-state index in [4.69, 9.17) is 10.2 Å². The van der Waals surface area contributed by atoms with E-state index in [0.717, 1.165) is 5.56 Å². The van der Waals surface area contributed by atoms with Gasteiger partial charge in [-0.25, -0.2) is 4.39 Å². The maximum atomic E-state index is 13.0. The minimum atomic E-state index is -0.399. The molecule has 0 aliphatic rings. The summed E-state index contributed by atoms with van der Waals surface area (Å²) in [5.41, 5.74) is 7.35. The van der Waals surface area contributed by atoms with Crippen molar-refractivity contribution in [3.63, 3.8) is 0 Å². The van der Waals surface area contributed by atoms with Gasteiger partial charge in [-0.2, -0.15) is 0 Å². The van der Waals surface area contributed by atoms with E-state index in [2.05, 4.69) is 10.2 Å². The van der Waals surface area contributed by atoms with Gasteiger partial charge in [0.2, 0.25) is 11.8 Å². The predicted octanol–water partition coefficient (Wildman–Crippen LogP) is 3.12. The van der Waals surface area contributed by atoms with Gasteiger partial charge in [0.15, 0.2) is 0 Å². The molecule has 94 valence electrons. The molecule has 5 heteroatoms. The SMILES string of the molecule is Nc1cc(F)ccc1-c1nnc(-c2ccccc2)o1. The van der Waals surface area contributed by atoms with E-state index < -0.39 is 5.82 Å². The summed E-state index contributed by atoms with van der Waals surface area (Å²) in [7, 11) is 0. The number of hydrogen-bond donors (Lipinski definition) is 1. The smallest absolute Gasteiger partial charge is 0.250 e. The fourth-order valence-electron chi connectivity index (χ4n) is 1.76. The number of halogens is 1. The van der Waals surface area contributed by atoms with Gasteiger partial charge in [0, 0.05) is 11.3 Å². The summed E-state index contributed by atoms with van der Waals surface area (Å²) in [6, 6.07) is 13.4. The van der Waals surface area contributed by atoms with Gasteiger partial charge < -0.3 is 10.2 Å². The van der Waals surface area contributed by atoms with Crippen molar-refractivity contribution in [1.82, 2.24) is 10.2 Å². The van der Waals surface area contributed by atoms with Crippen LogP contribution in [0.15, 0.2) is 52.9 Å². The highest BCUT2D eigenvalue weighted by Crippen LogP contribution is 2.28. The molecule has 19 heavy (non-hydrogen) atoms. The Labute approximate surface area is 108 Å². The molecule has 3 aromatic rings. The topological polar surface area (TPSA) is 64.9 Å². The van der Waals surface area contributed by atoms with Crippen LogP contribution in [0.2, 0.25) is 0 Å². The molecule has 1 aromatic heterocycles. The van der Waals surface area contributed by atoms with Crippen molar-refractivity contribution in [1.29, 1.82) is 0 Å². The van der Waals surface area contributed by atoms with Crippen LogP contribution in [0, 0.1) is 5.82 Å². The number of rotatable bonds is 2. The Balaban J connectivity index is 2.02. The average molecular weight is 255 g/mol. The van der Waals surface area contributed by atoms with Crippen LogP contribution in [0.3, 0.4) is 0 Å². The Hall–Kier alpha value is -2.69. The minimum absolute atomic E-state index is 0.267. The van der Waals surface area contributed by atoms with Crippen molar-refractivity contribution in [2.75, 3.05) is 5.73 Å². The molecule has 0 fully saturated rings. The highest BCUT2D eigenvalue weighted by atomic mass is 19.1. The fourth-order valence-corrected chi connectivity index (χ4v) is 1.76. The molecule has 3 rings (SSSR count). The quantitative estimate of drug-likeness (QED) is 0.714. The van der Waals surface area contributed by atoms with Gasteiger partial charge in [-0.3, -0.25) is 0 Å². The van der Waals surface area contributed by atoms with Crippen molar-refractivity contribution in [2.45, 2.75) is 0 Å². The average Bonchev–Trinajstić information content (AvgIpc) is 2.89. The van der Waals surface area contributed by atoms with Gasteiger partial charge in [0.25, 0.3) is 0 Å². The lowest BCUT2D eigenvalue weighted by atomic mass is 10.2. The van der Waals surface area contributed by atoms with Crippen LogP contribution in [0.4, 0.5) is 10.1 Å². The summed E-state index contributed by atoms with van der Waals surface area (Å²) in [6.07, 6.45) is 0. The molecular formula is C14H10FN3O. The van der Waals surface area contributed by atoms with Crippen LogP contribution in [0.5, 0.6) is 0 Å². The van der Waals surface area contributed by atoms with E-state index in [1.54, 1.807) is 0 Å². The number of nitrogens with zero attached hydrogens (tertiary/aromatic N) is 2. The Kier molecular flexibility index (Phi) is 2.72. The second kappa shape index (κ2) is 4.53. The van der Waals surface area contributed by atoms with E-state index in [0.29, 0.717) is 11.5 Å². The molecule has 0 unspecified atom stereocenters. The standard InChI is InChI=1S/C14H10FN3O/c15-10-6-7-11(12(16)8-10)14-18-17-13(19-14)9-4-2-1-3-5-9/h1-8H,16H2. The first-order chi connectivity index (χ1) is 9.24. The molecule has 0 amide bonds. The van der Waals surface area contributed by atoms with Crippen molar-refractivity contribution < 1.29 is 8.81 Å². The number of nitrogen functional groups attached to an aromatic ring is 1. The largest absolute Gasteiger partial charge is 0.416 e. The molecule has 0 aliphatic carbocycles. The van der Waals surface area contributed by atoms with Crippen LogP contribution in [0.25, 0.3) is 22.9 Å². The van der Waals surface area contributed by atoms with Crippen molar-refractivity contribution in [2.24, 2.45) is 0 Å². The summed E-state index contributed by atoms with van der Waals surface area (Å²) in [4.78, 5) is 0. The van der Waals surface area contributed by atoms with E-state index >= 15 is 0 Å². The first kappa shape index (κ1) is 11.4. The van der Waals surface area contributed by atoms with Crippen LogP contribution >= 0.6 is 0 Å². The van der Waals surface area contributed by atoms with Crippen LogP contribution in [-0.2, 0) is 0 Å². The first-order valence-corrected chi connectivity index (χ1v) is 5.68.